The minimum absolute atomic E-state index is 0.00505. The van der Waals surface area contributed by atoms with Gasteiger partial charge in [-0.05, 0) is 82.8 Å². The molecule has 17 nitrogen and oxygen atoms in total. The molecule has 6 aromatic rings. The van der Waals surface area contributed by atoms with E-state index in [1.54, 1.807) is 30.1 Å². The highest BCUT2D eigenvalue weighted by Crippen LogP contribution is 2.36. The standard InChI is InChI=1S/C22H22F3N5O2.C20H19F3IN5O2.C6H9B3O3/c1-2-14-3-6-18(17(24)13-14)27-20-15(4-5-16(23)19(20)25)21-28-29-22(32-21)26-7-8-30-9-11-31-12-10-30;21-14-3-2-13(18(17(14)23)26-16-4-1-12(24)11-15(16)22)19-27-28-20(31-19)25-5-6-29-7-9-30-10-8-29;1-4-7-10-8(5-2)12-9(6-3)11-7/h2-6,13,27H,1,7-12H2,(H,26,29);1-4,11,26H,5-10H2,(H,25,28);4-6H,1-3H2. The molecule has 2 aromatic heterocycles. The fourth-order valence-electron chi connectivity index (χ4n) is 7.25. The van der Waals surface area contributed by atoms with Crippen molar-refractivity contribution in [2.75, 3.05) is 100 Å². The van der Waals surface area contributed by atoms with Gasteiger partial charge in [0.1, 0.15) is 11.6 Å². The van der Waals surface area contributed by atoms with E-state index in [9.17, 15) is 26.3 Å². The van der Waals surface area contributed by atoms with Crippen LogP contribution in [0.1, 0.15) is 5.56 Å². The van der Waals surface area contributed by atoms with E-state index in [0.29, 0.717) is 48.7 Å². The van der Waals surface area contributed by atoms with Crippen LogP contribution in [0.15, 0.2) is 114 Å². The van der Waals surface area contributed by atoms with Crippen molar-refractivity contribution in [3.8, 4) is 22.9 Å². The van der Waals surface area contributed by atoms with E-state index in [1.165, 1.54) is 42.5 Å². The Morgan fingerprint density at radius 1 is 0.547 bits per heavy atom. The number of hydrogen-bond acceptors (Lipinski definition) is 17. The van der Waals surface area contributed by atoms with Crippen LogP contribution < -0.4 is 21.3 Å². The van der Waals surface area contributed by atoms with Crippen LogP contribution in [-0.2, 0) is 23.2 Å². The average molecular weight is 1150 g/mol. The van der Waals surface area contributed by atoms with Crippen LogP contribution in [0.3, 0.4) is 0 Å². The van der Waals surface area contributed by atoms with Crippen LogP contribution in [0.4, 0.5) is 61.1 Å². The van der Waals surface area contributed by atoms with Gasteiger partial charge < -0.3 is 53.3 Å². The van der Waals surface area contributed by atoms with Crippen LogP contribution in [0.5, 0.6) is 0 Å². The average Bonchev–Trinajstić information content (AvgIpc) is 4.11. The van der Waals surface area contributed by atoms with E-state index in [4.69, 9.17) is 32.0 Å². The van der Waals surface area contributed by atoms with Crippen molar-refractivity contribution in [2.45, 2.75) is 0 Å². The molecule has 4 N–H and O–H groups in total. The molecule has 75 heavy (non-hydrogen) atoms. The minimum atomic E-state index is -1.19. The normalized spacial score (nSPS) is 14.9. The Labute approximate surface area is 443 Å². The Morgan fingerprint density at radius 3 is 1.37 bits per heavy atom. The zero-order valence-electron chi connectivity index (χ0n) is 40.3. The molecular formula is C48H50B3F6IN10O7. The first kappa shape index (κ1) is 56.3. The third-order valence-electron chi connectivity index (χ3n) is 11.2. The number of nitrogens with zero attached hydrogens (tertiary/aromatic N) is 6. The van der Waals surface area contributed by atoms with Crippen molar-refractivity contribution in [1.29, 1.82) is 0 Å². The predicted octanol–water partition coefficient (Wildman–Crippen LogP) is 9.22. The second-order valence-electron chi connectivity index (χ2n) is 16.2. The highest BCUT2D eigenvalue weighted by molar-refractivity contribution is 14.1. The van der Waals surface area contributed by atoms with Gasteiger partial charge in [0.15, 0.2) is 23.3 Å². The number of morpholine rings is 2. The number of benzene rings is 4. The predicted molar refractivity (Wildman–Crippen MR) is 284 cm³/mol. The summed E-state index contributed by atoms with van der Waals surface area (Å²) in [5.41, 5.74) is 0.134. The molecule has 3 aliphatic heterocycles. The SMILES string of the molecule is C=CB1OB(C=C)OB(C=C)O1.C=Cc1ccc(Nc2c(-c3nnc(NCCN4CCOCC4)o3)ccc(F)c2F)c(F)c1.Fc1cc(I)ccc1Nc1c(-c2nnc(NCCN3CCOCC3)o2)ccc(F)c1F. The van der Waals surface area contributed by atoms with Gasteiger partial charge in [-0.2, -0.15) is 0 Å². The molecule has 27 heteroatoms. The molecular weight excluding hydrogens is 1100 g/mol. The van der Waals surface area contributed by atoms with Gasteiger partial charge >= 0.3 is 33.4 Å². The largest absolute Gasteiger partial charge is 0.458 e. The number of nitrogens with one attached hydrogen (secondary N) is 4. The monoisotopic (exact) mass is 1150 g/mol. The Bertz CT molecular complexity index is 2860. The fourth-order valence-corrected chi connectivity index (χ4v) is 7.70. The number of anilines is 6. The van der Waals surface area contributed by atoms with E-state index >= 15 is 0 Å². The maximum atomic E-state index is 14.6. The zero-order chi connectivity index (χ0) is 53.3. The number of rotatable bonds is 18. The number of ether oxygens (including phenoxy) is 2. The first-order chi connectivity index (χ1) is 36.3. The lowest BCUT2D eigenvalue weighted by Gasteiger charge is -2.26. The van der Waals surface area contributed by atoms with E-state index in [0.717, 1.165) is 51.4 Å². The summed E-state index contributed by atoms with van der Waals surface area (Å²) in [5.74, 6) is -1.19. The van der Waals surface area contributed by atoms with Gasteiger partial charge in [-0.1, -0.05) is 46.8 Å². The quantitative estimate of drug-likeness (QED) is 0.0363. The topological polar surface area (TPSA) is 179 Å². The molecule has 0 atom stereocenters. The van der Waals surface area contributed by atoms with Crippen molar-refractivity contribution in [1.82, 2.24) is 30.2 Å². The molecule has 3 fully saturated rings. The van der Waals surface area contributed by atoms with Gasteiger partial charge in [0, 0.05) is 55.9 Å². The van der Waals surface area contributed by atoms with Crippen LogP contribution in [0.25, 0.3) is 29.0 Å². The molecule has 3 aliphatic rings. The van der Waals surface area contributed by atoms with Crippen molar-refractivity contribution in [3.63, 3.8) is 0 Å². The molecule has 0 radical (unpaired) electrons. The molecule has 0 bridgehead atoms. The van der Waals surface area contributed by atoms with Gasteiger partial charge in [0.2, 0.25) is 0 Å². The molecule has 3 saturated heterocycles. The molecule has 5 heterocycles. The van der Waals surface area contributed by atoms with Crippen molar-refractivity contribution < 1.29 is 58.4 Å². The van der Waals surface area contributed by atoms with Crippen molar-refractivity contribution in [3.05, 3.63) is 149 Å². The second-order valence-corrected chi connectivity index (χ2v) is 17.4. The van der Waals surface area contributed by atoms with E-state index in [1.807, 2.05) is 22.6 Å². The van der Waals surface area contributed by atoms with Crippen LogP contribution in [0.2, 0.25) is 0 Å². The molecule has 0 saturated carbocycles. The fraction of sp³-hybridized carbons (Fsp3) is 0.250. The zero-order valence-corrected chi connectivity index (χ0v) is 42.5. The second kappa shape index (κ2) is 27.9. The lowest BCUT2D eigenvalue weighted by Crippen LogP contribution is -2.46. The van der Waals surface area contributed by atoms with Gasteiger partial charge in [0.05, 0.1) is 60.3 Å². The summed E-state index contributed by atoms with van der Waals surface area (Å²) >= 11 is 1.96. The van der Waals surface area contributed by atoms with Crippen LogP contribution in [0, 0.1) is 38.5 Å². The minimum Gasteiger partial charge on any atom is -0.445 e. The first-order valence-corrected chi connectivity index (χ1v) is 24.4. The number of halogens is 7. The van der Waals surface area contributed by atoms with Gasteiger partial charge in [-0.3, -0.25) is 9.80 Å². The Kier molecular flexibility index (Phi) is 20.9. The smallest absolute Gasteiger partial charge is 0.445 e. The summed E-state index contributed by atoms with van der Waals surface area (Å²) in [6.07, 6.45) is 1.48. The molecule has 0 unspecified atom stereocenters. The van der Waals surface area contributed by atoms with Crippen LogP contribution in [-0.4, -0.2) is 130 Å². The third-order valence-corrected chi connectivity index (χ3v) is 11.8. The first-order valence-electron chi connectivity index (χ1n) is 23.3. The molecule has 0 aliphatic carbocycles. The summed E-state index contributed by atoms with van der Waals surface area (Å²) in [5, 5.41) is 26.9. The maximum Gasteiger partial charge on any atom is 0.458 e. The van der Waals surface area contributed by atoms with Gasteiger partial charge in [0.25, 0.3) is 11.8 Å². The van der Waals surface area contributed by atoms with Crippen LogP contribution >= 0.6 is 22.6 Å². The highest BCUT2D eigenvalue weighted by atomic mass is 127. The summed E-state index contributed by atoms with van der Waals surface area (Å²) < 4.78 is 124. The highest BCUT2D eigenvalue weighted by Gasteiger charge is 2.35. The lowest BCUT2D eigenvalue weighted by molar-refractivity contribution is 0.0397. The molecule has 9 rings (SSSR count). The van der Waals surface area contributed by atoms with Crippen molar-refractivity contribution in [2.24, 2.45) is 0 Å². The Balaban J connectivity index is 0.000000180. The maximum absolute atomic E-state index is 14.6. The summed E-state index contributed by atoms with van der Waals surface area (Å²) in [7, 11) is -1.36. The molecule has 0 amide bonds. The van der Waals surface area contributed by atoms with E-state index in [-0.39, 0.29) is 57.7 Å². The Hall–Kier alpha value is -6.46. The Morgan fingerprint density at radius 2 is 0.973 bits per heavy atom. The van der Waals surface area contributed by atoms with Crippen molar-refractivity contribution >= 4 is 84.8 Å². The summed E-state index contributed by atoms with van der Waals surface area (Å²) in [4.78, 5) is 4.47. The molecule has 4 aromatic carbocycles. The lowest BCUT2D eigenvalue weighted by atomic mass is 9.70. The molecule has 0 spiro atoms. The van der Waals surface area contributed by atoms with Gasteiger partial charge in [-0.25, -0.2) is 26.3 Å². The number of aromatic nitrogens is 4. The number of hydrogen-bond donors (Lipinski definition) is 4. The summed E-state index contributed by atoms with van der Waals surface area (Å²) in [6.45, 7) is 23.1. The van der Waals surface area contributed by atoms with Gasteiger partial charge in [-0.15, -0.1) is 29.9 Å². The molecule has 392 valence electrons. The van der Waals surface area contributed by atoms with E-state index < -0.39 is 56.3 Å². The summed E-state index contributed by atoms with van der Waals surface area (Å²) in [6, 6.07) is 13.4. The van der Waals surface area contributed by atoms with E-state index in [2.05, 4.69) is 77.8 Å². The third kappa shape index (κ3) is 15.8.